The summed E-state index contributed by atoms with van der Waals surface area (Å²) in [5, 5.41) is 10.6. The molecule has 0 aliphatic carbocycles. The number of nitro groups is 1. The Morgan fingerprint density at radius 2 is 1.95 bits per heavy atom. The molecule has 0 saturated heterocycles. The molecule has 0 radical (unpaired) electrons. The van der Waals surface area contributed by atoms with Crippen molar-refractivity contribution >= 4 is 11.7 Å². The van der Waals surface area contributed by atoms with Gasteiger partial charge in [-0.1, -0.05) is 0 Å². The summed E-state index contributed by atoms with van der Waals surface area (Å²) in [6.07, 6.45) is 0.269. The lowest BCUT2D eigenvalue weighted by Crippen LogP contribution is -2.18. The molecular weight excluding hydrogens is 248 g/mol. The summed E-state index contributed by atoms with van der Waals surface area (Å²) in [5.74, 6) is -0.359. The quantitative estimate of drug-likeness (QED) is 0.448. The minimum Gasteiger partial charge on any atom is -0.458 e. The molecule has 0 amide bonds. The van der Waals surface area contributed by atoms with Crippen LogP contribution in [0.5, 0.6) is 0 Å². The van der Waals surface area contributed by atoms with Gasteiger partial charge in [0.25, 0.3) is 5.69 Å². The molecule has 0 aromatic heterocycles. The average molecular weight is 266 g/mol. The van der Waals surface area contributed by atoms with Crippen LogP contribution in [0.3, 0.4) is 0 Å². The van der Waals surface area contributed by atoms with Gasteiger partial charge in [0.2, 0.25) is 0 Å². The number of carbonyl (C=O) groups excluding carboxylic acids is 1. The Labute approximate surface area is 112 Å². The molecule has 0 aliphatic rings. The van der Waals surface area contributed by atoms with E-state index in [1.54, 1.807) is 12.1 Å². The number of esters is 1. The Bertz CT molecular complexity index is 442. The number of hydrogen-bond acceptors (Lipinski definition) is 5. The lowest BCUT2D eigenvalue weighted by atomic mass is 10.1. The number of non-ortho nitro benzene ring substituents is 1. The molecule has 0 heterocycles. The molecule has 104 valence electrons. The minimum atomic E-state index is -0.454. The Kier molecular flexibility index (Phi) is 5.44. The van der Waals surface area contributed by atoms with Crippen molar-refractivity contribution in [2.75, 3.05) is 20.6 Å². The first-order valence-electron chi connectivity index (χ1n) is 5.96. The summed E-state index contributed by atoms with van der Waals surface area (Å²) < 4.78 is 5.25. The molecule has 1 atom stereocenters. The van der Waals surface area contributed by atoms with Gasteiger partial charge in [0.05, 0.1) is 4.92 Å². The predicted molar refractivity (Wildman–Crippen MR) is 70.8 cm³/mol. The van der Waals surface area contributed by atoms with Gasteiger partial charge >= 0.3 is 5.97 Å². The third-order valence-electron chi connectivity index (χ3n) is 2.62. The van der Waals surface area contributed by atoms with E-state index >= 15 is 0 Å². The van der Waals surface area contributed by atoms with Crippen molar-refractivity contribution in [2.24, 2.45) is 0 Å². The van der Waals surface area contributed by atoms with Gasteiger partial charge in [-0.05, 0) is 31.8 Å². The SMILES string of the molecule is CC(=O)OC(CCN(C)C)c1ccc([N+](=O)[O-])cc1. The summed E-state index contributed by atoms with van der Waals surface area (Å²) in [6, 6.07) is 6.09. The fourth-order valence-corrected chi connectivity index (χ4v) is 1.68. The number of hydrogen-bond donors (Lipinski definition) is 0. The van der Waals surface area contributed by atoms with E-state index in [-0.39, 0.29) is 17.8 Å². The standard InChI is InChI=1S/C13H18N2O4/c1-10(16)19-13(8-9-14(2)3)11-4-6-12(7-5-11)15(17)18/h4-7,13H,8-9H2,1-3H3. The maximum atomic E-state index is 11.1. The van der Waals surface area contributed by atoms with Gasteiger partial charge in [0, 0.05) is 32.0 Å². The van der Waals surface area contributed by atoms with Gasteiger partial charge in [0.15, 0.2) is 0 Å². The van der Waals surface area contributed by atoms with Gasteiger partial charge in [-0.15, -0.1) is 0 Å². The summed E-state index contributed by atoms with van der Waals surface area (Å²) >= 11 is 0. The third kappa shape index (κ3) is 5.05. The van der Waals surface area contributed by atoms with Crippen LogP contribution in [0.25, 0.3) is 0 Å². The molecule has 1 aromatic rings. The van der Waals surface area contributed by atoms with Gasteiger partial charge in [-0.3, -0.25) is 14.9 Å². The molecule has 6 heteroatoms. The number of ether oxygens (including phenoxy) is 1. The average Bonchev–Trinajstić information content (AvgIpc) is 2.34. The first kappa shape index (κ1) is 15.1. The lowest BCUT2D eigenvalue weighted by Gasteiger charge is -2.19. The van der Waals surface area contributed by atoms with Crippen LogP contribution >= 0.6 is 0 Å². The van der Waals surface area contributed by atoms with Gasteiger partial charge in [-0.2, -0.15) is 0 Å². The molecule has 0 fully saturated rings. The zero-order valence-electron chi connectivity index (χ0n) is 11.3. The van der Waals surface area contributed by atoms with E-state index in [1.807, 2.05) is 19.0 Å². The number of carbonyl (C=O) groups is 1. The summed E-state index contributed by atoms with van der Waals surface area (Å²) in [7, 11) is 3.86. The minimum absolute atomic E-state index is 0.0259. The maximum absolute atomic E-state index is 11.1. The smallest absolute Gasteiger partial charge is 0.303 e. The van der Waals surface area contributed by atoms with Crippen LogP contribution in [-0.2, 0) is 9.53 Å². The largest absolute Gasteiger partial charge is 0.458 e. The predicted octanol–water partition coefficient (Wildman–Crippen LogP) is 2.15. The Morgan fingerprint density at radius 3 is 2.37 bits per heavy atom. The Balaban J connectivity index is 2.83. The highest BCUT2D eigenvalue weighted by molar-refractivity contribution is 5.66. The topological polar surface area (TPSA) is 72.7 Å². The van der Waals surface area contributed by atoms with E-state index in [0.29, 0.717) is 6.42 Å². The van der Waals surface area contributed by atoms with E-state index in [9.17, 15) is 14.9 Å². The molecule has 0 aliphatic heterocycles. The number of rotatable bonds is 6. The summed E-state index contributed by atoms with van der Waals surface area (Å²) in [6.45, 7) is 2.11. The highest BCUT2D eigenvalue weighted by Gasteiger charge is 2.16. The van der Waals surface area contributed by atoms with Crippen molar-refractivity contribution in [2.45, 2.75) is 19.4 Å². The highest BCUT2D eigenvalue weighted by Crippen LogP contribution is 2.24. The molecule has 0 spiro atoms. The number of nitro benzene ring substituents is 1. The Morgan fingerprint density at radius 1 is 1.37 bits per heavy atom. The molecule has 1 rings (SSSR count). The van der Waals surface area contributed by atoms with Crippen molar-refractivity contribution in [3.63, 3.8) is 0 Å². The highest BCUT2D eigenvalue weighted by atomic mass is 16.6. The van der Waals surface area contributed by atoms with Crippen molar-refractivity contribution in [3.05, 3.63) is 39.9 Å². The fraction of sp³-hybridized carbons (Fsp3) is 0.462. The Hall–Kier alpha value is -1.95. The molecule has 0 N–H and O–H groups in total. The number of benzene rings is 1. The van der Waals surface area contributed by atoms with Crippen LogP contribution in [0.1, 0.15) is 25.0 Å². The number of nitrogens with zero attached hydrogens (tertiary/aromatic N) is 2. The van der Waals surface area contributed by atoms with E-state index in [4.69, 9.17) is 4.74 Å². The molecule has 0 bridgehead atoms. The third-order valence-corrected chi connectivity index (χ3v) is 2.62. The zero-order valence-corrected chi connectivity index (χ0v) is 11.3. The van der Waals surface area contributed by atoms with Gasteiger partial charge in [-0.25, -0.2) is 0 Å². The van der Waals surface area contributed by atoms with E-state index in [0.717, 1.165) is 12.1 Å². The van der Waals surface area contributed by atoms with Crippen molar-refractivity contribution in [1.29, 1.82) is 0 Å². The normalized spacial score (nSPS) is 12.2. The van der Waals surface area contributed by atoms with Gasteiger partial charge in [0.1, 0.15) is 6.10 Å². The second-order valence-electron chi connectivity index (χ2n) is 4.54. The van der Waals surface area contributed by atoms with E-state index < -0.39 is 4.92 Å². The van der Waals surface area contributed by atoms with E-state index in [2.05, 4.69) is 0 Å². The van der Waals surface area contributed by atoms with Crippen molar-refractivity contribution in [3.8, 4) is 0 Å². The maximum Gasteiger partial charge on any atom is 0.303 e. The first-order chi connectivity index (χ1) is 8.90. The van der Waals surface area contributed by atoms with Crippen LogP contribution in [0, 0.1) is 10.1 Å². The monoisotopic (exact) mass is 266 g/mol. The van der Waals surface area contributed by atoms with Crippen LogP contribution < -0.4 is 0 Å². The van der Waals surface area contributed by atoms with Crippen LogP contribution in [0.4, 0.5) is 5.69 Å². The molecule has 6 nitrogen and oxygen atoms in total. The summed E-state index contributed by atoms with van der Waals surface area (Å²) in [5.41, 5.74) is 0.792. The first-order valence-corrected chi connectivity index (χ1v) is 5.96. The van der Waals surface area contributed by atoms with Crippen LogP contribution in [0.15, 0.2) is 24.3 Å². The van der Waals surface area contributed by atoms with Crippen molar-refractivity contribution < 1.29 is 14.5 Å². The molecule has 1 unspecified atom stereocenters. The van der Waals surface area contributed by atoms with E-state index in [1.165, 1.54) is 19.1 Å². The van der Waals surface area contributed by atoms with Gasteiger partial charge < -0.3 is 9.64 Å². The molecule has 19 heavy (non-hydrogen) atoms. The summed E-state index contributed by atoms with van der Waals surface area (Å²) in [4.78, 5) is 23.2. The molecular formula is C13H18N2O4. The molecule has 1 aromatic carbocycles. The van der Waals surface area contributed by atoms with Crippen LogP contribution in [0.2, 0.25) is 0 Å². The molecule has 0 saturated carbocycles. The van der Waals surface area contributed by atoms with Crippen LogP contribution in [-0.4, -0.2) is 36.4 Å². The zero-order chi connectivity index (χ0) is 14.4. The lowest BCUT2D eigenvalue weighted by molar-refractivity contribution is -0.384. The second kappa shape index (κ2) is 6.84. The second-order valence-corrected chi connectivity index (χ2v) is 4.54. The fourth-order valence-electron chi connectivity index (χ4n) is 1.68. The van der Waals surface area contributed by atoms with Crippen molar-refractivity contribution in [1.82, 2.24) is 4.90 Å².